The van der Waals surface area contributed by atoms with Crippen LogP contribution in [0.4, 0.5) is 5.69 Å². The average Bonchev–Trinajstić information content (AvgIpc) is 3.01. The molecular formula is C19H22N2O5S. The normalized spacial score (nSPS) is 17.2. The quantitative estimate of drug-likeness (QED) is 0.816. The number of sulfonamides is 1. The number of hydrogen-bond acceptors (Lipinski definition) is 5. The summed E-state index contributed by atoms with van der Waals surface area (Å²) in [5.74, 6) is 0.295. The van der Waals surface area contributed by atoms with Gasteiger partial charge in [-0.25, -0.2) is 8.42 Å². The minimum Gasteiger partial charge on any atom is -0.497 e. The highest BCUT2D eigenvalue weighted by atomic mass is 32.2. The number of hydrogen-bond donors (Lipinski definition) is 1. The van der Waals surface area contributed by atoms with Gasteiger partial charge in [0.25, 0.3) is 0 Å². The van der Waals surface area contributed by atoms with E-state index in [0.717, 1.165) is 11.3 Å². The molecule has 0 spiro atoms. The Labute approximate surface area is 158 Å². The molecule has 1 aliphatic rings. The molecular weight excluding hydrogens is 368 g/mol. The van der Waals surface area contributed by atoms with Crippen molar-refractivity contribution in [2.24, 2.45) is 0 Å². The van der Waals surface area contributed by atoms with Gasteiger partial charge in [-0.15, -0.1) is 0 Å². The molecule has 0 aromatic heterocycles. The summed E-state index contributed by atoms with van der Waals surface area (Å²) in [5, 5.41) is 0. The third-order valence-electron chi connectivity index (χ3n) is 4.51. The third kappa shape index (κ3) is 3.91. The van der Waals surface area contributed by atoms with E-state index in [1.807, 2.05) is 31.2 Å². The summed E-state index contributed by atoms with van der Waals surface area (Å²) in [5.41, 5.74) is 1.85. The van der Waals surface area contributed by atoms with Crippen LogP contribution in [-0.4, -0.2) is 41.1 Å². The Hall–Kier alpha value is -2.58. The summed E-state index contributed by atoms with van der Waals surface area (Å²) < 4.78 is 38.5. The zero-order valence-corrected chi connectivity index (χ0v) is 16.2. The van der Waals surface area contributed by atoms with Crippen molar-refractivity contribution in [1.82, 2.24) is 4.72 Å². The van der Waals surface area contributed by atoms with Crippen molar-refractivity contribution in [3.8, 4) is 11.5 Å². The standard InChI is InChI=1S/C19H22N2O5S/c1-13-4-6-14(7-5-13)21-11-10-16(19(21)22)20-27(23,24)18-12-15(25-2)8-9-17(18)26-3/h4-9,12,16,20H,10-11H2,1-3H3/t16-/m0/s1. The fourth-order valence-electron chi connectivity index (χ4n) is 3.02. The highest BCUT2D eigenvalue weighted by molar-refractivity contribution is 7.89. The van der Waals surface area contributed by atoms with Gasteiger partial charge in [-0.05, 0) is 37.6 Å². The molecule has 1 N–H and O–H groups in total. The number of nitrogens with one attached hydrogen (secondary N) is 1. The Balaban J connectivity index is 1.83. The van der Waals surface area contributed by atoms with Crippen LogP contribution in [0.2, 0.25) is 0 Å². The van der Waals surface area contributed by atoms with E-state index in [9.17, 15) is 13.2 Å². The molecule has 3 rings (SSSR count). The summed E-state index contributed by atoms with van der Waals surface area (Å²) in [4.78, 5) is 14.2. The zero-order chi connectivity index (χ0) is 19.6. The molecule has 2 aromatic rings. The Kier molecular flexibility index (Phi) is 5.38. The molecule has 1 saturated heterocycles. The van der Waals surface area contributed by atoms with E-state index >= 15 is 0 Å². The molecule has 2 aromatic carbocycles. The van der Waals surface area contributed by atoms with Gasteiger partial charge in [-0.3, -0.25) is 4.79 Å². The van der Waals surface area contributed by atoms with Gasteiger partial charge in [0.15, 0.2) is 0 Å². The monoisotopic (exact) mass is 390 g/mol. The molecule has 8 heteroatoms. The predicted molar refractivity (Wildman–Crippen MR) is 102 cm³/mol. The lowest BCUT2D eigenvalue weighted by Gasteiger charge is -2.18. The first kappa shape index (κ1) is 19.2. The van der Waals surface area contributed by atoms with Gasteiger partial charge in [0.1, 0.15) is 22.4 Å². The molecule has 144 valence electrons. The third-order valence-corrected chi connectivity index (χ3v) is 6.00. The maximum atomic E-state index is 12.9. The van der Waals surface area contributed by atoms with Gasteiger partial charge in [0.05, 0.1) is 14.2 Å². The van der Waals surface area contributed by atoms with Gasteiger partial charge in [0, 0.05) is 18.3 Å². The number of carbonyl (C=O) groups excluding carboxylic acids is 1. The van der Waals surface area contributed by atoms with Gasteiger partial charge >= 0.3 is 0 Å². The second-order valence-electron chi connectivity index (χ2n) is 6.30. The summed E-state index contributed by atoms with van der Waals surface area (Å²) in [6.07, 6.45) is 0.387. The van der Waals surface area contributed by atoms with Crippen molar-refractivity contribution in [2.45, 2.75) is 24.3 Å². The summed E-state index contributed by atoms with van der Waals surface area (Å²) in [6, 6.07) is 11.2. The topological polar surface area (TPSA) is 84.9 Å². The lowest BCUT2D eigenvalue weighted by molar-refractivity contribution is -0.118. The van der Waals surface area contributed by atoms with E-state index < -0.39 is 16.1 Å². The van der Waals surface area contributed by atoms with E-state index in [0.29, 0.717) is 18.7 Å². The van der Waals surface area contributed by atoms with Gasteiger partial charge in [-0.1, -0.05) is 17.7 Å². The molecule has 0 radical (unpaired) electrons. The molecule has 1 atom stereocenters. The van der Waals surface area contributed by atoms with E-state index in [-0.39, 0.29) is 16.6 Å². The minimum atomic E-state index is -3.97. The molecule has 1 fully saturated rings. The number of rotatable bonds is 6. The van der Waals surface area contributed by atoms with Crippen LogP contribution in [0.3, 0.4) is 0 Å². The number of ether oxygens (including phenoxy) is 2. The van der Waals surface area contributed by atoms with Gasteiger partial charge in [0.2, 0.25) is 15.9 Å². The second-order valence-corrected chi connectivity index (χ2v) is 7.99. The number of benzene rings is 2. The van der Waals surface area contributed by atoms with Crippen LogP contribution >= 0.6 is 0 Å². The first-order chi connectivity index (χ1) is 12.9. The fourth-order valence-corrected chi connectivity index (χ4v) is 4.42. The van der Waals surface area contributed by atoms with E-state index in [4.69, 9.17) is 9.47 Å². The van der Waals surface area contributed by atoms with Crippen molar-refractivity contribution >= 4 is 21.6 Å². The van der Waals surface area contributed by atoms with Gasteiger partial charge in [-0.2, -0.15) is 4.72 Å². The van der Waals surface area contributed by atoms with Crippen molar-refractivity contribution in [3.05, 3.63) is 48.0 Å². The molecule has 1 amide bonds. The van der Waals surface area contributed by atoms with E-state index in [1.54, 1.807) is 11.0 Å². The first-order valence-corrected chi connectivity index (χ1v) is 9.96. The number of nitrogens with zero attached hydrogens (tertiary/aromatic N) is 1. The number of carbonyl (C=O) groups is 1. The van der Waals surface area contributed by atoms with E-state index in [2.05, 4.69) is 4.72 Å². The van der Waals surface area contributed by atoms with Crippen molar-refractivity contribution in [2.75, 3.05) is 25.7 Å². The summed E-state index contributed by atoms with van der Waals surface area (Å²) in [6.45, 7) is 2.42. The number of amides is 1. The Morgan fingerprint density at radius 1 is 1.07 bits per heavy atom. The smallest absolute Gasteiger partial charge is 0.245 e. The molecule has 0 saturated carbocycles. The Bertz CT molecular complexity index is 941. The summed E-state index contributed by atoms with van der Waals surface area (Å²) in [7, 11) is -1.13. The number of methoxy groups -OCH3 is 2. The number of anilines is 1. The first-order valence-electron chi connectivity index (χ1n) is 8.48. The molecule has 0 aliphatic carbocycles. The van der Waals surface area contributed by atoms with Crippen LogP contribution < -0.4 is 19.1 Å². The molecule has 1 aliphatic heterocycles. The largest absolute Gasteiger partial charge is 0.497 e. The summed E-state index contributed by atoms with van der Waals surface area (Å²) >= 11 is 0. The number of aryl methyl sites for hydroxylation is 1. The highest BCUT2D eigenvalue weighted by Gasteiger charge is 2.36. The van der Waals surface area contributed by atoms with Crippen molar-refractivity contribution < 1.29 is 22.7 Å². The van der Waals surface area contributed by atoms with Crippen LogP contribution in [0.5, 0.6) is 11.5 Å². The maximum Gasteiger partial charge on any atom is 0.245 e. The molecule has 0 unspecified atom stereocenters. The molecule has 0 bridgehead atoms. The SMILES string of the molecule is COc1ccc(OC)c(S(=O)(=O)N[C@H]2CCN(c3ccc(C)cc3)C2=O)c1. The van der Waals surface area contributed by atoms with Crippen LogP contribution in [0.1, 0.15) is 12.0 Å². The Morgan fingerprint density at radius 2 is 1.78 bits per heavy atom. The molecule has 1 heterocycles. The fraction of sp³-hybridized carbons (Fsp3) is 0.316. The predicted octanol–water partition coefficient (Wildman–Crippen LogP) is 2.10. The van der Waals surface area contributed by atoms with Crippen molar-refractivity contribution in [1.29, 1.82) is 0 Å². The van der Waals surface area contributed by atoms with Crippen LogP contribution in [0, 0.1) is 6.92 Å². The zero-order valence-electron chi connectivity index (χ0n) is 15.4. The lowest BCUT2D eigenvalue weighted by Crippen LogP contribution is -2.41. The highest BCUT2D eigenvalue weighted by Crippen LogP contribution is 2.29. The van der Waals surface area contributed by atoms with Crippen molar-refractivity contribution in [3.63, 3.8) is 0 Å². The average molecular weight is 390 g/mol. The molecule has 7 nitrogen and oxygen atoms in total. The van der Waals surface area contributed by atoms with E-state index in [1.165, 1.54) is 26.4 Å². The van der Waals surface area contributed by atoms with Crippen LogP contribution in [0.15, 0.2) is 47.4 Å². The minimum absolute atomic E-state index is 0.0639. The Morgan fingerprint density at radius 3 is 2.41 bits per heavy atom. The van der Waals surface area contributed by atoms with Crippen LogP contribution in [-0.2, 0) is 14.8 Å². The second kappa shape index (κ2) is 7.58. The van der Waals surface area contributed by atoms with Crippen LogP contribution in [0.25, 0.3) is 0 Å². The lowest BCUT2D eigenvalue weighted by atomic mass is 10.2. The maximum absolute atomic E-state index is 12.9. The molecule has 27 heavy (non-hydrogen) atoms. The van der Waals surface area contributed by atoms with Gasteiger partial charge < -0.3 is 14.4 Å².